The molecule has 1 fully saturated rings. The first-order valence-electron chi connectivity index (χ1n) is 8.36. The molecule has 1 aliphatic rings. The third-order valence-electron chi connectivity index (χ3n) is 4.46. The van der Waals surface area contributed by atoms with E-state index < -0.39 is 0 Å². The number of likely N-dealkylation sites (tertiary alicyclic amines) is 1. The van der Waals surface area contributed by atoms with Crippen LogP contribution in [0.25, 0.3) is 0 Å². The van der Waals surface area contributed by atoms with Crippen molar-refractivity contribution in [2.24, 2.45) is 0 Å². The second kappa shape index (κ2) is 6.56. The van der Waals surface area contributed by atoms with Crippen LogP contribution < -0.4 is 0 Å². The minimum atomic E-state index is -0.0229. The van der Waals surface area contributed by atoms with Gasteiger partial charge in [0, 0.05) is 37.8 Å². The van der Waals surface area contributed by atoms with Crippen LogP contribution in [0, 0.1) is 0 Å². The van der Waals surface area contributed by atoms with E-state index in [1.54, 1.807) is 0 Å². The van der Waals surface area contributed by atoms with Crippen LogP contribution in [-0.4, -0.2) is 38.4 Å². The second-order valence-corrected chi connectivity index (χ2v) is 6.37. The predicted octanol–water partition coefficient (Wildman–Crippen LogP) is 3.03. The zero-order valence-corrected chi connectivity index (χ0v) is 14.0. The summed E-state index contributed by atoms with van der Waals surface area (Å²) in [6.45, 7) is 7.60. The lowest BCUT2D eigenvalue weighted by Crippen LogP contribution is -2.41. The molecule has 0 N–H and O–H groups in total. The molecule has 1 saturated heterocycles. The van der Waals surface area contributed by atoms with Gasteiger partial charge < -0.3 is 13.9 Å². The van der Waals surface area contributed by atoms with Gasteiger partial charge in [0.1, 0.15) is 11.6 Å². The van der Waals surface area contributed by atoms with Gasteiger partial charge in [-0.25, -0.2) is 9.97 Å². The van der Waals surface area contributed by atoms with Crippen molar-refractivity contribution < 1.29 is 9.21 Å². The summed E-state index contributed by atoms with van der Waals surface area (Å²) in [5.74, 6) is 1.88. The standard InChI is InChI=1S/C17H24N4O2/c1-4-14-18-7-9-21(14)13-6-5-8-20(10-13)17(22)15-16(12(2)3)23-11-19-15/h7,9,11-13H,4-6,8,10H2,1-3H3. The van der Waals surface area contributed by atoms with Gasteiger partial charge in [-0.15, -0.1) is 0 Å². The number of hydrogen-bond acceptors (Lipinski definition) is 4. The molecule has 3 heterocycles. The van der Waals surface area contributed by atoms with Crippen LogP contribution in [0.2, 0.25) is 0 Å². The molecule has 6 nitrogen and oxygen atoms in total. The molecule has 2 aromatic rings. The topological polar surface area (TPSA) is 64.2 Å². The summed E-state index contributed by atoms with van der Waals surface area (Å²) in [5.41, 5.74) is 0.460. The van der Waals surface area contributed by atoms with Gasteiger partial charge in [-0.3, -0.25) is 4.79 Å². The fourth-order valence-electron chi connectivity index (χ4n) is 3.29. The van der Waals surface area contributed by atoms with Crippen molar-refractivity contribution in [3.63, 3.8) is 0 Å². The maximum Gasteiger partial charge on any atom is 0.276 e. The van der Waals surface area contributed by atoms with Crippen LogP contribution in [0.1, 0.15) is 67.6 Å². The molecule has 1 unspecified atom stereocenters. The average Bonchev–Trinajstić information content (AvgIpc) is 3.23. The van der Waals surface area contributed by atoms with Crippen LogP contribution in [-0.2, 0) is 6.42 Å². The van der Waals surface area contributed by atoms with Crippen LogP contribution in [0.5, 0.6) is 0 Å². The molecule has 0 bridgehead atoms. The van der Waals surface area contributed by atoms with E-state index in [9.17, 15) is 4.79 Å². The number of rotatable bonds is 4. The molecule has 124 valence electrons. The van der Waals surface area contributed by atoms with Crippen molar-refractivity contribution in [1.29, 1.82) is 0 Å². The highest BCUT2D eigenvalue weighted by molar-refractivity contribution is 5.93. The van der Waals surface area contributed by atoms with Gasteiger partial charge in [-0.2, -0.15) is 0 Å². The van der Waals surface area contributed by atoms with Crippen molar-refractivity contribution in [1.82, 2.24) is 19.4 Å². The van der Waals surface area contributed by atoms with Gasteiger partial charge in [0.15, 0.2) is 12.1 Å². The van der Waals surface area contributed by atoms with E-state index in [2.05, 4.69) is 21.5 Å². The van der Waals surface area contributed by atoms with E-state index in [-0.39, 0.29) is 11.8 Å². The average molecular weight is 316 g/mol. The molecule has 3 rings (SSSR count). The Morgan fingerprint density at radius 1 is 1.43 bits per heavy atom. The highest BCUT2D eigenvalue weighted by Gasteiger charge is 2.29. The Balaban J connectivity index is 1.78. The Morgan fingerprint density at radius 3 is 3.00 bits per heavy atom. The number of aromatic nitrogens is 3. The highest BCUT2D eigenvalue weighted by Crippen LogP contribution is 2.26. The van der Waals surface area contributed by atoms with E-state index in [0.717, 1.165) is 31.6 Å². The third kappa shape index (κ3) is 3.02. The van der Waals surface area contributed by atoms with Gasteiger partial charge in [0.05, 0.1) is 6.04 Å². The molecule has 23 heavy (non-hydrogen) atoms. The Kier molecular flexibility index (Phi) is 4.50. The number of aryl methyl sites for hydroxylation is 1. The van der Waals surface area contributed by atoms with Crippen molar-refractivity contribution in [3.8, 4) is 0 Å². The number of hydrogen-bond donors (Lipinski definition) is 0. The van der Waals surface area contributed by atoms with E-state index in [4.69, 9.17) is 4.42 Å². The van der Waals surface area contributed by atoms with Crippen LogP contribution in [0.15, 0.2) is 23.2 Å². The van der Waals surface area contributed by atoms with Crippen molar-refractivity contribution >= 4 is 5.91 Å². The number of carbonyl (C=O) groups is 1. The van der Waals surface area contributed by atoms with Crippen molar-refractivity contribution in [2.75, 3.05) is 13.1 Å². The molecule has 1 aliphatic heterocycles. The predicted molar refractivity (Wildman–Crippen MR) is 86.4 cm³/mol. The third-order valence-corrected chi connectivity index (χ3v) is 4.46. The van der Waals surface area contributed by atoms with Crippen LogP contribution in [0.4, 0.5) is 0 Å². The zero-order chi connectivity index (χ0) is 16.4. The Bertz CT molecular complexity index is 674. The zero-order valence-electron chi connectivity index (χ0n) is 14.0. The van der Waals surface area contributed by atoms with E-state index >= 15 is 0 Å². The number of amides is 1. The first-order valence-corrected chi connectivity index (χ1v) is 8.36. The first-order chi connectivity index (χ1) is 11.1. The van der Waals surface area contributed by atoms with E-state index in [1.807, 2.05) is 31.1 Å². The first kappa shape index (κ1) is 15.8. The normalized spacial score (nSPS) is 18.6. The monoisotopic (exact) mass is 316 g/mol. The van der Waals surface area contributed by atoms with Gasteiger partial charge >= 0.3 is 0 Å². The van der Waals surface area contributed by atoms with Gasteiger partial charge in [-0.1, -0.05) is 20.8 Å². The Labute approximate surface area is 136 Å². The molecule has 0 radical (unpaired) electrons. The molecule has 0 aromatic carbocycles. The van der Waals surface area contributed by atoms with Crippen LogP contribution in [0.3, 0.4) is 0 Å². The molecule has 2 aromatic heterocycles. The minimum absolute atomic E-state index is 0.0229. The number of carbonyl (C=O) groups excluding carboxylic acids is 1. The Morgan fingerprint density at radius 2 is 2.26 bits per heavy atom. The molecular weight excluding hydrogens is 292 g/mol. The highest BCUT2D eigenvalue weighted by atomic mass is 16.3. The van der Waals surface area contributed by atoms with Gasteiger partial charge in [0.25, 0.3) is 5.91 Å². The maximum atomic E-state index is 12.8. The lowest BCUT2D eigenvalue weighted by atomic mass is 10.0. The molecule has 1 atom stereocenters. The largest absolute Gasteiger partial charge is 0.447 e. The van der Waals surface area contributed by atoms with Crippen LogP contribution >= 0.6 is 0 Å². The molecule has 0 aliphatic carbocycles. The second-order valence-electron chi connectivity index (χ2n) is 6.37. The molecule has 0 saturated carbocycles. The molecule has 6 heteroatoms. The molecule has 0 spiro atoms. The van der Waals surface area contributed by atoms with Crippen molar-refractivity contribution in [2.45, 2.75) is 52.0 Å². The summed E-state index contributed by atoms with van der Waals surface area (Å²) in [4.78, 5) is 23.3. The lowest BCUT2D eigenvalue weighted by Gasteiger charge is -2.33. The number of piperidine rings is 1. The summed E-state index contributed by atoms with van der Waals surface area (Å²) in [5, 5.41) is 0. The summed E-state index contributed by atoms with van der Waals surface area (Å²) in [6, 6.07) is 0.291. The fourth-order valence-corrected chi connectivity index (χ4v) is 3.29. The quantitative estimate of drug-likeness (QED) is 0.869. The SMILES string of the molecule is CCc1nccn1C1CCCN(C(=O)c2ncoc2C(C)C)C1. The van der Waals surface area contributed by atoms with E-state index in [0.29, 0.717) is 24.0 Å². The number of nitrogens with zero attached hydrogens (tertiary/aromatic N) is 4. The van der Waals surface area contributed by atoms with Gasteiger partial charge in [-0.05, 0) is 12.8 Å². The number of imidazole rings is 1. The number of oxazole rings is 1. The lowest BCUT2D eigenvalue weighted by molar-refractivity contribution is 0.0670. The molecular formula is C17H24N4O2. The maximum absolute atomic E-state index is 12.8. The summed E-state index contributed by atoms with van der Waals surface area (Å²) < 4.78 is 7.61. The summed E-state index contributed by atoms with van der Waals surface area (Å²) in [7, 11) is 0. The fraction of sp³-hybridized carbons (Fsp3) is 0.588. The molecule has 1 amide bonds. The van der Waals surface area contributed by atoms with Gasteiger partial charge in [0.2, 0.25) is 0 Å². The van der Waals surface area contributed by atoms with Crippen molar-refractivity contribution in [3.05, 3.63) is 36.1 Å². The summed E-state index contributed by atoms with van der Waals surface area (Å²) in [6.07, 6.45) is 8.20. The smallest absolute Gasteiger partial charge is 0.276 e. The minimum Gasteiger partial charge on any atom is -0.447 e. The van der Waals surface area contributed by atoms with E-state index in [1.165, 1.54) is 6.39 Å². The summed E-state index contributed by atoms with van der Waals surface area (Å²) >= 11 is 0. The Hall–Kier alpha value is -2.11.